The van der Waals surface area contributed by atoms with E-state index >= 15 is 0 Å². The molecule has 0 bridgehead atoms. The van der Waals surface area contributed by atoms with Crippen LogP contribution in [0, 0.1) is 5.92 Å². The van der Waals surface area contributed by atoms with Crippen molar-refractivity contribution in [3.8, 4) is 0 Å². The average Bonchev–Trinajstić information content (AvgIpc) is 3.16. The Morgan fingerprint density at radius 1 is 1.00 bits per heavy atom. The summed E-state index contributed by atoms with van der Waals surface area (Å²) in [5.74, 6) is 1.92. The normalized spacial score (nSPS) is 18.6. The number of thioether (sulfide) groups is 1. The highest BCUT2D eigenvalue weighted by molar-refractivity contribution is 7.99. The molecule has 1 fully saturated rings. The summed E-state index contributed by atoms with van der Waals surface area (Å²) < 4.78 is 2.14. The zero-order valence-corrected chi connectivity index (χ0v) is 18.9. The van der Waals surface area contributed by atoms with Gasteiger partial charge in [0.2, 0.25) is 5.91 Å². The van der Waals surface area contributed by atoms with Crippen molar-refractivity contribution in [1.82, 2.24) is 20.1 Å². The molecule has 1 N–H and O–H groups in total. The lowest BCUT2D eigenvalue weighted by Crippen LogP contribution is -2.41. The Hall–Kier alpha value is -2.60. The predicted molar refractivity (Wildman–Crippen MR) is 125 cm³/mol. The first-order chi connectivity index (χ1) is 15.2. The second-order valence-electron chi connectivity index (χ2n) is 8.36. The van der Waals surface area contributed by atoms with E-state index in [1.54, 1.807) is 0 Å². The molecule has 6 heteroatoms. The third kappa shape index (κ3) is 5.97. The summed E-state index contributed by atoms with van der Waals surface area (Å²) in [4.78, 5) is 12.6. The summed E-state index contributed by atoms with van der Waals surface area (Å²) in [6, 6.07) is 20.9. The van der Waals surface area contributed by atoms with Gasteiger partial charge in [0.25, 0.3) is 0 Å². The first-order valence-electron chi connectivity index (χ1n) is 11.1. The fourth-order valence-electron chi connectivity index (χ4n) is 4.17. The first kappa shape index (κ1) is 21.6. The van der Waals surface area contributed by atoms with Gasteiger partial charge in [0.15, 0.2) is 5.16 Å². The minimum Gasteiger partial charge on any atom is -0.352 e. The van der Waals surface area contributed by atoms with Gasteiger partial charge in [-0.25, -0.2) is 0 Å². The number of nitrogens with zero attached hydrogens (tertiary/aromatic N) is 3. The molecule has 1 aromatic heterocycles. The maximum Gasteiger partial charge on any atom is 0.230 e. The number of benzene rings is 2. The van der Waals surface area contributed by atoms with Crippen LogP contribution in [0.3, 0.4) is 0 Å². The molecule has 0 radical (unpaired) electrons. The highest BCUT2D eigenvalue weighted by Crippen LogP contribution is 2.24. The van der Waals surface area contributed by atoms with Crippen LogP contribution in [-0.4, -0.2) is 32.5 Å². The number of rotatable bonds is 8. The van der Waals surface area contributed by atoms with Gasteiger partial charge in [-0.15, -0.1) is 10.2 Å². The monoisotopic (exact) mass is 434 g/mol. The van der Waals surface area contributed by atoms with Crippen LogP contribution >= 0.6 is 11.8 Å². The topological polar surface area (TPSA) is 59.8 Å². The molecule has 1 amide bonds. The molecule has 0 spiro atoms. The lowest BCUT2D eigenvalue weighted by molar-refractivity contribution is -0.119. The first-order valence-corrected chi connectivity index (χ1v) is 12.1. The van der Waals surface area contributed by atoms with E-state index in [0.717, 1.165) is 17.4 Å². The molecule has 1 aliphatic rings. The average molecular weight is 435 g/mol. The van der Waals surface area contributed by atoms with Crippen molar-refractivity contribution < 1.29 is 4.79 Å². The van der Waals surface area contributed by atoms with Crippen molar-refractivity contribution in [3.05, 3.63) is 77.6 Å². The van der Waals surface area contributed by atoms with Crippen molar-refractivity contribution in [2.45, 2.75) is 56.8 Å². The summed E-state index contributed by atoms with van der Waals surface area (Å²) >= 11 is 1.47. The fourth-order valence-corrected chi connectivity index (χ4v) is 4.94. The number of hydrogen-bond donors (Lipinski definition) is 1. The second-order valence-corrected chi connectivity index (χ2v) is 9.30. The summed E-state index contributed by atoms with van der Waals surface area (Å²) in [5, 5.41) is 12.9. The molecule has 0 aliphatic heterocycles. The predicted octanol–water partition coefficient (Wildman–Crippen LogP) is 4.70. The summed E-state index contributed by atoms with van der Waals surface area (Å²) in [5.41, 5.74) is 2.39. The number of aromatic nitrogens is 3. The van der Waals surface area contributed by atoms with Gasteiger partial charge in [-0.2, -0.15) is 0 Å². The van der Waals surface area contributed by atoms with Crippen LogP contribution < -0.4 is 5.32 Å². The molecule has 1 saturated carbocycles. The Bertz CT molecular complexity index is 974. The zero-order chi connectivity index (χ0) is 21.5. The number of amides is 1. The van der Waals surface area contributed by atoms with Crippen LogP contribution in [0.5, 0.6) is 0 Å². The molecule has 2 aromatic carbocycles. The Morgan fingerprint density at radius 2 is 1.68 bits per heavy atom. The maximum absolute atomic E-state index is 12.6. The van der Waals surface area contributed by atoms with Crippen LogP contribution in [0.25, 0.3) is 0 Å². The van der Waals surface area contributed by atoms with Gasteiger partial charge in [0.1, 0.15) is 5.82 Å². The fraction of sp³-hybridized carbons (Fsp3) is 0.400. The minimum absolute atomic E-state index is 0.0858. The van der Waals surface area contributed by atoms with E-state index in [1.165, 1.54) is 42.2 Å². The molecular weight excluding hydrogens is 404 g/mol. The van der Waals surface area contributed by atoms with Crippen molar-refractivity contribution in [3.63, 3.8) is 0 Å². The Labute approximate surface area is 188 Å². The molecule has 1 heterocycles. The third-order valence-electron chi connectivity index (χ3n) is 5.97. The Kier molecular flexibility index (Phi) is 7.41. The maximum atomic E-state index is 12.6. The van der Waals surface area contributed by atoms with Gasteiger partial charge in [-0.3, -0.25) is 4.79 Å². The van der Waals surface area contributed by atoms with Crippen LogP contribution in [0.4, 0.5) is 0 Å². The van der Waals surface area contributed by atoms with E-state index in [9.17, 15) is 4.79 Å². The second kappa shape index (κ2) is 10.6. The van der Waals surface area contributed by atoms with Gasteiger partial charge < -0.3 is 9.88 Å². The minimum atomic E-state index is 0.0858. The van der Waals surface area contributed by atoms with Crippen LogP contribution in [0.2, 0.25) is 0 Å². The number of hydrogen-bond acceptors (Lipinski definition) is 4. The molecular formula is C25H30N4OS. The Morgan fingerprint density at radius 3 is 2.39 bits per heavy atom. The van der Waals surface area contributed by atoms with Crippen LogP contribution in [-0.2, 0) is 17.8 Å². The smallest absolute Gasteiger partial charge is 0.230 e. The molecule has 4 rings (SSSR count). The molecule has 162 valence electrons. The van der Waals surface area contributed by atoms with Crippen molar-refractivity contribution >= 4 is 17.7 Å². The summed E-state index contributed by atoms with van der Waals surface area (Å²) in [6.45, 7) is 2.93. The standard InChI is InChI=1S/C25H30N4OS/c1-19-10-8-9-15-22(19)26-24(30)18-31-25-28-27-23(16-20-11-4-2-5-12-20)29(25)17-21-13-6-3-7-14-21/h2-7,11-14,19,22H,8-10,15-18H2,1H3,(H,26,30)/t19-,22+/m1/s1. The van der Waals surface area contributed by atoms with Crippen molar-refractivity contribution in [1.29, 1.82) is 0 Å². The molecule has 1 aliphatic carbocycles. The van der Waals surface area contributed by atoms with E-state index in [4.69, 9.17) is 0 Å². The van der Waals surface area contributed by atoms with Crippen LogP contribution in [0.1, 0.15) is 49.6 Å². The number of carbonyl (C=O) groups is 1. The Balaban J connectivity index is 1.46. The lowest BCUT2D eigenvalue weighted by Gasteiger charge is -2.29. The van der Waals surface area contributed by atoms with E-state index in [1.807, 2.05) is 36.4 Å². The molecule has 5 nitrogen and oxygen atoms in total. The van der Waals surface area contributed by atoms with Crippen molar-refractivity contribution in [2.75, 3.05) is 5.75 Å². The molecule has 3 aromatic rings. The largest absolute Gasteiger partial charge is 0.352 e. The third-order valence-corrected chi connectivity index (χ3v) is 6.94. The van der Waals surface area contributed by atoms with E-state index in [0.29, 0.717) is 30.7 Å². The molecule has 31 heavy (non-hydrogen) atoms. The van der Waals surface area contributed by atoms with Gasteiger partial charge in [-0.1, -0.05) is 92.2 Å². The van der Waals surface area contributed by atoms with E-state index < -0.39 is 0 Å². The van der Waals surface area contributed by atoms with E-state index in [2.05, 4.69) is 51.3 Å². The molecule has 0 saturated heterocycles. The highest BCUT2D eigenvalue weighted by atomic mass is 32.2. The van der Waals surface area contributed by atoms with Crippen molar-refractivity contribution in [2.24, 2.45) is 5.92 Å². The number of carbonyl (C=O) groups excluding carboxylic acids is 1. The number of nitrogens with one attached hydrogen (secondary N) is 1. The van der Waals surface area contributed by atoms with Crippen LogP contribution in [0.15, 0.2) is 65.8 Å². The van der Waals surface area contributed by atoms with Gasteiger partial charge >= 0.3 is 0 Å². The summed E-state index contributed by atoms with van der Waals surface area (Å²) in [6.07, 6.45) is 5.48. The molecule has 2 atom stereocenters. The quantitative estimate of drug-likeness (QED) is 0.522. The van der Waals surface area contributed by atoms with Gasteiger partial charge in [0.05, 0.1) is 12.3 Å². The molecule has 0 unspecified atom stereocenters. The summed E-state index contributed by atoms with van der Waals surface area (Å²) in [7, 11) is 0. The van der Waals surface area contributed by atoms with Gasteiger partial charge in [0, 0.05) is 12.5 Å². The SMILES string of the molecule is C[C@@H]1CCCC[C@@H]1NC(=O)CSc1nnc(Cc2ccccc2)n1Cc1ccccc1. The van der Waals surface area contributed by atoms with Gasteiger partial charge in [-0.05, 0) is 29.9 Å². The van der Waals surface area contributed by atoms with E-state index in [-0.39, 0.29) is 5.91 Å². The highest BCUT2D eigenvalue weighted by Gasteiger charge is 2.23. The lowest BCUT2D eigenvalue weighted by atomic mass is 9.86. The zero-order valence-electron chi connectivity index (χ0n) is 18.0.